The second kappa shape index (κ2) is 9.18. The van der Waals surface area contributed by atoms with Gasteiger partial charge in [0.2, 0.25) is 5.91 Å². The number of benzene rings is 1. The molecule has 0 radical (unpaired) electrons. The third-order valence-electron chi connectivity index (χ3n) is 4.96. The number of carbonyl (C=O) groups excluding carboxylic acids is 2. The molecule has 0 bridgehead atoms. The molecule has 1 heterocycles. The van der Waals surface area contributed by atoms with Crippen LogP contribution in [0.25, 0.3) is 11.4 Å². The third kappa shape index (κ3) is 4.89. The van der Waals surface area contributed by atoms with Crippen LogP contribution in [0.4, 0.5) is 9.18 Å². The van der Waals surface area contributed by atoms with Crippen molar-refractivity contribution in [3.8, 4) is 11.4 Å². The number of aromatic nitrogens is 3. The summed E-state index contributed by atoms with van der Waals surface area (Å²) in [5.41, 5.74) is 0.342. The maximum atomic E-state index is 13.9. The molecule has 1 aromatic heterocycles. The van der Waals surface area contributed by atoms with Crippen LogP contribution in [0.3, 0.4) is 0 Å². The molecule has 0 aliphatic heterocycles. The number of hydrogen-bond acceptors (Lipinski definition) is 5. The fraction of sp³-hybridized carbons (Fsp3) is 0.474. The van der Waals surface area contributed by atoms with Crippen molar-refractivity contribution in [2.75, 3.05) is 5.75 Å². The van der Waals surface area contributed by atoms with Crippen LogP contribution >= 0.6 is 11.8 Å². The molecule has 2 N–H and O–H groups in total. The maximum Gasteiger partial charge on any atom is 0.321 e. The SMILES string of the molecule is C[C@@H]1CCCC[C@H]1NC(=O)NC(=O)CSc1nnc(-c2ccccc2F)n1C. The molecule has 1 aromatic carbocycles. The standard InChI is InChI=1S/C19H24FN5O2S/c1-12-7-3-6-10-15(12)21-18(27)22-16(26)11-28-19-24-23-17(25(19)2)13-8-4-5-9-14(13)20/h4-5,8-9,12,15H,3,6-7,10-11H2,1-2H3,(H2,21,22,26,27)/t12-,15-/m1/s1. The van der Waals surface area contributed by atoms with Crippen molar-refractivity contribution in [3.05, 3.63) is 30.1 Å². The van der Waals surface area contributed by atoms with Crippen molar-refractivity contribution in [2.45, 2.75) is 43.8 Å². The van der Waals surface area contributed by atoms with Gasteiger partial charge in [-0.1, -0.05) is 43.7 Å². The summed E-state index contributed by atoms with van der Waals surface area (Å²) >= 11 is 1.14. The van der Waals surface area contributed by atoms with E-state index in [4.69, 9.17) is 0 Å². The van der Waals surface area contributed by atoms with Crippen LogP contribution in [-0.4, -0.2) is 38.5 Å². The van der Waals surface area contributed by atoms with Crippen LogP contribution in [0.15, 0.2) is 29.4 Å². The summed E-state index contributed by atoms with van der Waals surface area (Å²) in [6.45, 7) is 2.11. The molecular weight excluding hydrogens is 381 g/mol. The van der Waals surface area contributed by atoms with Crippen molar-refractivity contribution in [1.29, 1.82) is 0 Å². The fourth-order valence-corrected chi connectivity index (χ4v) is 4.06. The first kappa shape index (κ1) is 20.3. The lowest BCUT2D eigenvalue weighted by Crippen LogP contribution is -2.48. The Labute approximate surface area is 167 Å². The number of carbonyl (C=O) groups is 2. The normalized spacial score (nSPS) is 19.2. The lowest BCUT2D eigenvalue weighted by Gasteiger charge is -2.29. The van der Waals surface area contributed by atoms with E-state index in [-0.39, 0.29) is 17.6 Å². The molecule has 1 aliphatic carbocycles. The zero-order valence-electron chi connectivity index (χ0n) is 15.9. The van der Waals surface area contributed by atoms with Gasteiger partial charge in [0.25, 0.3) is 0 Å². The maximum absolute atomic E-state index is 13.9. The highest BCUT2D eigenvalue weighted by Gasteiger charge is 2.23. The van der Waals surface area contributed by atoms with Crippen molar-refractivity contribution in [2.24, 2.45) is 13.0 Å². The summed E-state index contributed by atoms with van der Waals surface area (Å²) in [6.07, 6.45) is 4.30. The number of rotatable bonds is 5. The number of imide groups is 1. The summed E-state index contributed by atoms with van der Waals surface area (Å²) in [5.74, 6) is 0.00318. The van der Waals surface area contributed by atoms with Gasteiger partial charge in [0.05, 0.1) is 11.3 Å². The lowest BCUT2D eigenvalue weighted by atomic mass is 9.86. The highest BCUT2D eigenvalue weighted by atomic mass is 32.2. The number of urea groups is 1. The Kier molecular flexibility index (Phi) is 6.66. The van der Waals surface area contributed by atoms with Gasteiger partial charge in [-0.05, 0) is 30.9 Å². The quantitative estimate of drug-likeness (QED) is 0.746. The van der Waals surface area contributed by atoms with Crippen LogP contribution in [0.2, 0.25) is 0 Å². The molecule has 3 rings (SSSR count). The van der Waals surface area contributed by atoms with Gasteiger partial charge in [-0.3, -0.25) is 10.1 Å². The van der Waals surface area contributed by atoms with Crippen LogP contribution in [-0.2, 0) is 11.8 Å². The van der Waals surface area contributed by atoms with Gasteiger partial charge >= 0.3 is 6.03 Å². The molecule has 0 spiro atoms. The zero-order valence-corrected chi connectivity index (χ0v) is 16.8. The minimum absolute atomic E-state index is 0.0108. The van der Waals surface area contributed by atoms with Crippen LogP contribution < -0.4 is 10.6 Å². The minimum Gasteiger partial charge on any atom is -0.335 e. The highest BCUT2D eigenvalue weighted by Crippen LogP contribution is 2.25. The molecule has 1 aliphatic rings. The summed E-state index contributed by atoms with van der Waals surface area (Å²) in [5, 5.41) is 13.7. The highest BCUT2D eigenvalue weighted by molar-refractivity contribution is 7.99. The molecule has 0 saturated heterocycles. The Morgan fingerprint density at radius 3 is 2.75 bits per heavy atom. The predicted octanol–water partition coefficient (Wildman–Crippen LogP) is 3.12. The van der Waals surface area contributed by atoms with Crippen LogP contribution in [0, 0.1) is 11.7 Å². The van der Waals surface area contributed by atoms with Crippen molar-refractivity contribution < 1.29 is 14.0 Å². The van der Waals surface area contributed by atoms with Crippen molar-refractivity contribution in [3.63, 3.8) is 0 Å². The molecule has 150 valence electrons. The largest absolute Gasteiger partial charge is 0.335 e. The number of hydrogen-bond donors (Lipinski definition) is 2. The Bertz CT molecular complexity index is 857. The summed E-state index contributed by atoms with van der Waals surface area (Å²) in [7, 11) is 1.71. The van der Waals surface area contributed by atoms with E-state index in [2.05, 4.69) is 27.8 Å². The van der Waals surface area contributed by atoms with E-state index in [1.165, 1.54) is 12.5 Å². The smallest absolute Gasteiger partial charge is 0.321 e. The van der Waals surface area contributed by atoms with E-state index in [0.717, 1.165) is 31.0 Å². The van der Waals surface area contributed by atoms with Crippen LogP contribution in [0.1, 0.15) is 32.6 Å². The molecule has 0 unspecified atom stereocenters. The van der Waals surface area contributed by atoms with Crippen LogP contribution in [0.5, 0.6) is 0 Å². The second-order valence-corrected chi connectivity index (χ2v) is 7.97. The van der Waals surface area contributed by atoms with Crippen molar-refractivity contribution in [1.82, 2.24) is 25.4 Å². The summed E-state index contributed by atoms with van der Waals surface area (Å²) in [4.78, 5) is 24.1. The molecule has 1 saturated carbocycles. The predicted molar refractivity (Wildman–Crippen MR) is 105 cm³/mol. The van der Waals surface area contributed by atoms with E-state index in [9.17, 15) is 14.0 Å². The average Bonchev–Trinajstić information content (AvgIpc) is 3.03. The monoisotopic (exact) mass is 405 g/mol. The minimum atomic E-state index is -0.464. The molecule has 9 heteroatoms. The van der Waals surface area contributed by atoms with Gasteiger partial charge in [-0.25, -0.2) is 9.18 Å². The first-order chi connectivity index (χ1) is 13.5. The van der Waals surface area contributed by atoms with Gasteiger partial charge in [-0.2, -0.15) is 0 Å². The van der Waals surface area contributed by atoms with E-state index < -0.39 is 11.9 Å². The molecular formula is C19H24FN5O2S. The van der Waals surface area contributed by atoms with E-state index in [0.29, 0.717) is 22.5 Å². The molecule has 3 amide bonds. The van der Waals surface area contributed by atoms with Gasteiger partial charge in [0.1, 0.15) is 5.82 Å². The summed E-state index contributed by atoms with van der Waals surface area (Å²) < 4.78 is 15.6. The van der Waals surface area contributed by atoms with Gasteiger partial charge in [-0.15, -0.1) is 10.2 Å². The molecule has 2 atom stereocenters. The first-order valence-corrected chi connectivity index (χ1v) is 10.3. The number of amides is 3. The number of nitrogens with one attached hydrogen (secondary N) is 2. The van der Waals surface area contributed by atoms with Crippen molar-refractivity contribution >= 4 is 23.7 Å². The van der Waals surface area contributed by atoms with E-state index in [1.807, 2.05) is 0 Å². The van der Waals surface area contributed by atoms with Gasteiger partial charge in [0.15, 0.2) is 11.0 Å². The molecule has 28 heavy (non-hydrogen) atoms. The second-order valence-electron chi connectivity index (χ2n) is 7.02. The molecule has 2 aromatic rings. The Balaban J connectivity index is 1.52. The Morgan fingerprint density at radius 1 is 1.25 bits per heavy atom. The first-order valence-electron chi connectivity index (χ1n) is 9.33. The molecule has 7 nitrogen and oxygen atoms in total. The lowest BCUT2D eigenvalue weighted by molar-refractivity contribution is -0.117. The average molecular weight is 405 g/mol. The van der Waals surface area contributed by atoms with Gasteiger partial charge in [0, 0.05) is 13.1 Å². The Hall–Kier alpha value is -2.42. The van der Waals surface area contributed by atoms with Gasteiger partial charge < -0.3 is 9.88 Å². The topological polar surface area (TPSA) is 88.9 Å². The summed E-state index contributed by atoms with van der Waals surface area (Å²) in [6, 6.07) is 5.95. The zero-order chi connectivity index (χ0) is 20.1. The van der Waals surface area contributed by atoms with E-state index in [1.54, 1.807) is 29.8 Å². The number of nitrogens with zero attached hydrogens (tertiary/aromatic N) is 3. The number of halogens is 1. The number of thioether (sulfide) groups is 1. The Morgan fingerprint density at radius 2 is 2.00 bits per heavy atom. The third-order valence-corrected chi connectivity index (χ3v) is 5.98. The molecule has 1 fully saturated rings. The fourth-order valence-electron chi connectivity index (χ4n) is 3.35. The van der Waals surface area contributed by atoms with E-state index >= 15 is 0 Å².